The third-order valence-electron chi connectivity index (χ3n) is 4.38. The average molecular weight is 310 g/mol. The lowest BCUT2D eigenvalue weighted by Crippen LogP contribution is -2.27. The Labute approximate surface area is 134 Å². The summed E-state index contributed by atoms with van der Waals surface area (Å²) in [5.41, 5.74) is 0.0816. The van der Waals surface area contributed by atoms with Gasteiger partial charge in [-0.25, -0.2) is 0 Å². The van der Waals surface area contributed by atoms with Crippen LogP contribution in [0.15, 0.2) is 23.8 Å². The standard InChI is InChI=1S/C18H30O4/c1-13-7-6-8-14(2)16(21-5)9-11-18(4,20)12-10-17(19)22-15(13)3/h8-9,11,13,15-16,20H,6-7,10,12H2,1-5H3/b11-9-,14-8?/t13-,15+,16-,18+/m0/s1. The molecule has 0 radical (unpaired) electrons. The fraction of sp³-hybridized carbons (Fsp3) is 0.722. The molecule has 4 nitrogen and oxygen atoms in total. The molecule has 1 aliphatic heterocycles. The SMILES string of the molecule is CO[C@H]1/C=C\[C@@](C)(O)CCC(=O)O[C@H](C)[C@@H](C)CCC=C1C. The smallest absolute Gasteiger partial charge is 0.306 e. The molecule has 0 bridgehead atoms. The number of hydrogen-bond acceptors (Lipinski definition) is 4. The molecule has 1 rings (SSSR count). The molecule has 0 aromatic heterocycles. The molecule has 0 aliphatic carbocycles. The average Bonchev–Trinajstić information content (AvgIpc) is 2.44. The molecule has 0 aromatic rings. The van der Waals surface area contributed by atoms with Gasteiger partial charge in [0.2, 0.25) is 0 Å². The zero-order valence-electron chi connectivity index (χ0n) is 14.5. The van der Waals surface area contributed by atoms with Crippen LogP contribution in [-0.4, -0.2) is 36.0 Å². The van der Waals surface area contributed by atoms with Crippen LogP contribution in [0, 0.1) is 5.92 Å². The van der Waals surface area contributed by atoms with Gasteiger partial charge < -0.3 is 14.6 Å². The van der Waals surface area contributed by atoms with Gasteiger partial charge in [-0.1, -0.05) is 25.2 Å². The van der Waals surface area contributed by atoms with Crippen molar-refractivity contribution < 1.29 is 19.4 Å². The summed E-state index contributed by atoms with van der Waals surface area (Å²) in [6.07, 6.45) is 7.89. The highest BCUT2D eigenvalue weighted by atomic mass is 16.5. The molecule has 22 heavy (non-hydrogen) atoms. The lowest BCUT2D eigenvalue weighted by molar-refractivity contribution is -0.151. The van der Waals surface area contributed by atoms with Crippen LogP contribution in [0.3, 0.4) is 0 Å². The quantitative estimate of drug-likeness (QED) is 0.596. The van der Waals surface area contributed by atoms with E-state index >= 15 is 0 Å². The second kappa shape index (κ2) is 8.49. The van der Waals surface area contributed by atoms with E-state index in [4.69, 9.17) is 9.47 Å². The Bertz CT molecular complexity index is 423. The fourth-order valence-electron chi connectivity index (χ4n) is 2.46. The minimum Gasteiger partial charge on any atom is -0.462 e. The maximum Gasteiger partial charge on any atom is 0.306 e. The fourth-order valence-corrected chi connectivity index (χ4v) is 2.46. The van der Waals surface area contributed by atoms with E-state index in [0.717, 1.165) is 18.4 Å². The summed E-state index contributed by atoms with van der Waals surface area (Å²) in [6, 6.07) is 0. The molecule has 4 atom stereocenters. The third kappa shape index (κ3) is 6.32. The lowest BCUT2D eigenvalue weighted by Gasteiger charge is -2.23. The number of carbonyl (C=O) groups excluding carboxylic acids is 1. The van der Waals surface area contributed by atoms with Crippen molar-refractivity contribution in [2.45, 2.75) is 71.2 Å². The minimum absolute atomic E-state index is 0.108. The molecule has 1 aliphatic rings. The first-order valence-electron chi connectivity index (χ1n) is 8.06. The monoisotopic (exact) mass is 310 g/mol. The summed E-state index contributed by atoms with van der Waals surface area (Å²) in [4.78, 5) is 11.9. The number of ether oxygens (including phenoxy) is 2. The topological polar surface area (TPSA) is 55.8 Å². The van der Waals surface area contributed by atoms with Crippen LogP contribution in [0.25, 0.3) is 0 Å². The Morgan fingerprint density at radius 1 is 1.41 bits per heavy atom. The van der Waals surface area contributed by atoms with Crippen LogP contribution in [0.2, 0.25) is 0 Å². The van der Waals surface area contributed by atoms with Crippen LogP contribution in [0.5, 0.6) is 0 Å². The van der Waals surface area contributed by atoms with Gasteiger partial charge in [0.25, 0.3) is 0 Å². The number of allylic oxidation sites excluding steroid dienone is 1. The summed E-state index contributed by atoms with van der Waals surface area (Å²) in [7, 11) is 1.66. The van der Waals surface area contributed by atoms with Gasteiger partial charge in [-0.15, -0.1) is 0 Å². The van der Waals surface area contributed by atoms with Gasteiger partial charge in [-0.05, 0) is 51.5 Å². The van der Waals surface area contributed by atoms with Gasteiger partial charge in [0, 0.05) is 13.5 Å². The second-order valence-electron chi connectivity index (χ2n) is 6.57. The van der Waals surface area contributed by atoms with Crippen molar-refractivity contribution in [3.63, 3.8) is 0 Å². The maximum absolute atomic E-state index is 11.9. The van der Waals surface area contributed by atoms with Gasteiger partial charge in [0.05, 0.1) is 11.7 Å². The maximum atomic E-state index is 11.9. The van der Waals surface area contributed by atoms with E-state index in [1.807, 2.05) is 19.9 Å². The van der Waals surface area contributed by atoms with Crippen molar-refractivity contribution in [1.82, 2.24) is 0 Å². The molecular formula is C18H30O4. The minimum atomic E-state index is -1.05. The summed E-state index contributed by atoms with van der Waals surface area (Å²) in [5.74, 6) is 0.0492. The lowest BCUT2D eigenvalue weighted by atomic mass is 9.95. The Balaban J connectivity index is 2.93. The van der Waals surface area contributed by atoms with Crippen LogP contribution >= 0.6 is 0 Å². The molecule has 0 aromatic carbocycles. The zero-order chi connectivity index (χ0) is 16.8. The van der Waals surface area contributed by atoms with Gasteiger partial charge in [0.1, 0.15) is 6.10 Å². The molecular weight excluding hydrogens is 280 g/mol. The highest BCUT2D eigenvalue weighted by molar-refractivity contribution is 5.69. The molecule has 0 saturated carbocycles. The number of cyclic esters (lactones) is 1. The Kier molecular flexibility index (Phi) is 7.30. The Hall–Kier alpha value is -1.13. The van der Waals surface area contributed by atoms with Crippen LogP contribution in [0.4, 0.5) is 0 Å². The largest absolute Gasteiger partial charge is 0.462 e. The van der Waals surface area contributed by atoms with Gasteiger partial charge in [0.15, 0.2) is 0 Å². The molecule has 1 heterocycles. The number of esters is 1. The third-order valence-corrected chi connectivity index (χ3v) is 4.38. The molecule has 0 unspecified atom stereocenters. The number of methoxy groups -OCH3 is 1. The molecule has 0 amide bonds. The van der Waals surface area contributed by atoms with E-state index < -0.39 is 5.60 Å². The molecule has 0 fully saturated rings. The highest BCUT2D eigenvalue weighted by Gasteiger charge is 2.22. The first kappa shape index (κ1) is 18.9. The van der Waals surface area contributed by atoms with Crippen molar-refractivity contribution in [1.29, 1.82) is 0 Å². The van der Waals surface area contributed by atoms with Crippen LogP contribution < -0.4 is 0 Å². The van der Waals surface area contributed by atoms with Crippen molar-refractivity contribution in [3.8, 4) is 0 Å². The zero-order valence-corrected chi connectivity index (χ0v) is 14.5. The summed E-state index contributed by atoms with van der Waals surface area (Å²) >= 11 is 0. The van der Waals surface area contributed by atoms with E-state index in [1.54, 1.807) is 20.1 Å². The van der Waals surface area contributed by atoms with Crippen molar-refractivity contribution in [2.75, 3.05) is 7.11 Å². The van der Waals surface area contributed by atoms with Crippen molar-refractivity contribution in [2.24, 2.45) is 5.92 Å². The number of aliphatic hydroxyl groups is 1. The first-order valence-corrected chi connectivity index (χ1v) is 8.06. The summed E-state index contributed by atoms with van der Waals surface area (Å²) < 4.78 is 10.9. The van der Waals surface area contributed by atoms with Crippen LogP contribution in [0.1, 0.15) is 53.4 Å². The number of carbonyl (C=O) groups is 1. The molecule has 1 N–H and O–H groups in total. The van der Waals surface area contributed by atoms with Gasteiger partial charge in [-0.2, -0.15) is 0 Å². The van der Waals surface area contributed by atoms with Gasteiger partial charge >= 0.3 is 5.97 Å². The van der Waals surface area contributed by atoms with Crippen molar-refractivity contribution in [3.05, 3.63) is 23.8 Å². The highest BCUT2D eigenvalue weighted by Crippen LogP contribution is 2.21. The van der Waals surface area contributed by atoms with E-state index in [1.165, 1.54) is 0 Å². The van der Waals surface area contributed by atoms with E-state index in [9.17, 15) is 9.90 Å². The predicted octanol–water partition coefficient (Wildman–Crippen LogP) is 3.40. The summed E-state index contributed by atoms with van der Waals surface area (Å²) in [5, 5.41) is 10.3. The normalized spacial score (nSPS) is 36.9. The van der Waals surface area contributed by atoms with Crippen LogP contribution in [-0.2, 0) is 14.3 Å². The Morgan fingerprint density at radius 2 is 2.09 bits per heavy atom. The molecule has 0 saturated heterocycles. The second-order valence-corrected chi connectivity index (χ2v) is 6.57. The first-order chi connectivity index (χ1) is 10.2. The van der Waals surface area contributed by atoms with E-state index in [0.29, 0.717) is 12.3 Å². The Morgan fingerprint density at radius 3 is 2.73 bits per heavy atom. The predicted molar refractivity (Wildman–Crippen MR) is 87.5 cm³/mol. The molecule has 4 heteroatoms. The van der Waals surface area contributed by atoms with Gasteiger partial charge in [-0.3, -0.25) is 4.79 Å². The van der Waals surface area contributed by atoms with Crippen molar-refractivity contribution >= 4 is 5.97 Å². The molecule has 0 spiro atoms. The number of hydrogen-bond donors (Lipinski definition) is 1. The molecule has 126 valence electrons. The van der Waals surface area contributed by atoms with E-state index in [-0.39, 0.29) is 24.6 Å². The summed E-state index contributed by atoms with van der Waals surface area (Å²) in [6.45, 7) is 7.76. The number of rotatable bonds is 1. The van der Waals surface area contributed by atoms with E-state index in [2.05, 4.69) is 13.0 Å².